The fourth-order valence-electron chi connectivity index (χ4n) is 2.82. The van der Waals surface area contributed by atoms with E-state index in [1.165, 1.54) is 0 Å². The zero-order valence-electron chi connectivity index (χ0n) is 11.0. The lowest BCUT2D eigenvalue weighted by Crippen LogP contribution is -2.37. The molecule has 0 bridgehead atoms. The van der Waals surface area contributed by atoms with Crippen LogP contribution in [0.1, 0.15) is 37.7 Å². The van der Waals surface area contributed by atoms with Gasteiger partial charge in [0.25, 0.3) is 0 Å². The van der Waals surface area contributed by atoms with Crippen LogP contribution in [0.2, 0.25) is 0 Å². The van der Waals surface area contributed by atoms with Gasteiger partial charge in [-0.2, -0.15) is 0 Å². The van der Waals surface area contributed by atoms with Gasteiger partial charge < -0.3 is 14.9 Å². The maximum atomic E-state index is 11.7. The van der Waals surface area contributed by atoms with Crippen LogP contribution in [0.4, 0.5) is 0 Å². The zero-order chi connectivity index (χ0) is 13.7. The van der Waals surface area contributed by atoms with Crippen molar-refractivity contribution in [2.75, 3.05) is 13.2 Å². The van der Waals surface area contributed by atoms with Gasteiger partial charge in [-0.1, -0.05) is 31.4 Å². The predicted molar refractivity (Wildman–Crippen MR) is 71.4 cm³/mol. The van der Waals surface area contributed by atoms with Gasteiger partial charge in [0.05, 0.1) is 12.0 Å². The van der Waals surface area contributed by atoms with Crippen LogP contribution in [-0.4, -0.2) is 29.4 Å². The number of ether oxygens (including phenoxy) is 1. The molecule has 1 saturated carbocycles. The van der Waals surface area contributed by atoms with Crippen molar-refractivity contribution in [1.82, 2.24) is 0 Å². The van der Waals surface area contributed by atoms with Crippen LogP contribution < -0.4 is 4.74 Å². The number of carboxylic acid groups (broad SMARTS) is 1. The molecule has 0 radical (unpaired) electrons. The molecule has 1 aromatic carbocycles. The minimum absolute atomic E-state index is 0.0270. The van der Waals surface area contributed by atoms with E-state index < -0.39 is 11.4 Å². The summed E-state index contributed by atoms with van der Waals surface area (Å²) < 4.78 is 5.29. The molecular weight excluding hydrogens is 244 g/mol. The molecule has 4 heteroatoms. The van der Waals surface area contributed by atoms with Gasteiger partial charge in [-0.15, -0.1) is 0 Å². The Morgan fingerprint density at radius 2 is 1.79 bits per heavy atom. The van der Waals surface area contributed by atoms with Gasteiger partial charge in [0.15, 0.2) is 0 Å². The van der Waals surface area contributed by atoms with Crippen molar-refractivity contribution in [3.8, 4) is 5.75 Å². The molecule has 2 rings (SSSR count). The summed E-state index contributed by atoms with van der Waals surface area (Å²) >= 11 is 0. The standard InChI is InChI=1S/C15H20O4/c16-10-11-19-13-6-4-12(5-7-13)15(14(17)18)8-2-1-3-9-15/h4-7,16H,1-3,8-11H2,(H,17,18). The number of aliphatic hydroxyl groups excluding tert-OH is 1. The van der Waals surface area contributed by atoms with Crippen LogP contribution in [0.15, 0.2) is 24.3 Å². The summed E-state index contributed by atoms with van der Waals surface area (Å²) in [6.45, 7) is 0.226. The molecule has 1 fully saturated rings. The average molecular weight is 264 g/mol. The fraction of sp³-hybridized carbons (Fsp3) is 0.533. The maximum Gasteiger partial charge on any atom is 0.314 e. The number of hydrogen-bond donors (Lipinski definition) is 2. The predicted octanol–water partition coefficient (Wildman–Crippen LogP) is 2.34. The lowest BCUT2D eigenvalue weighted by atomic mass is 9.69. The van der Waals surface area contributed by atoms with Crippen LogP contribution in [0.25, 0.3) is 0 Å². The van der Waals surface area contributed by atoms with E-state index in [9.17, 15) is 9.90 Å². The summed E-state index contributed by atoms with van der Waals surface area (Å²) in [5.41, 5.74) is 0.129. The van der Waals surface area contributed by atoms with E-state index in [0.29, 0.717) is 18.6 Å². The summed E-state index contributed by atoms with van der Waals surface area (Å²) in [5, 5.41) is 18.3. The minimum Gasteiger partial charge on any atom is -0.491 e. The van der Waals surface area contributed by atoms with Crippen LogP contribution >= 0.6 is 0 Å². The molecule has 0 saturated heterocycles. The molecule has 0 atom stereocenters. The molecule has 0 spiro atoms. The first-order valence-electron chi connectivity index (χ1n) is 6.77. The van der Waals surface area contributed by atoms with E-state index in [0.717, 1.165) is 24.8 Å². The number of aliphatic carboxylic acids is 1. The largest absolute Gasteiger partial charge is 0.491 e. The number of carbonyl (C=O) groups is 1. The number of hydrogen-bond acceptors (Lipinski definition) is 3. The highest BCUT2D eigenvalue weighted by molar-refractivity contribution is 5.81. The van der Waals surface area contributed by atoms with Gasteiger partial charge in [0.2, 0.25) is 0 Å². The molecule has 4 nitrogen and oxygen atoms in total. The van der Waals surface area contributed by atoms with Crippen LogP contribution in [0.3, 0.4) is 0 Å². The summed E-state index contributed by atoms with van der Waals surface area (Å²) in [6, 6.07) is 7.24. The molecule has 2 N–H and O–H groups in total. The molecule has 0 heterocycles. The van der Waals surface area contributed by atoms with E-state index in [-0.39, 0.29) is 13.2 Å². The number of aliphatic hydroxyl groups is 1. The molecule has 0 aliphatic heterocycles. The Balaban J connectivity index is 2.20. The van der Waals surface area contributed by atoms with Crippen molar-refractivity contribution in [3.63, 3.8) is 0 Å². The summed E-state index contributed by atoms with van der Waals surface area (Å²) in [4.78, 5) is 11.7. The number of rotatable bonds is 5. The Morgan fingerprint density at radius 1 is 1.16 bits per heavy atom. The Bertz CT molecular complexity index is 418. The van der Waals surface area contributed by atoms with Crippen molar-refractivity contribution in [3.05, 3.63) is 29.8 Å². The molecule has 0 amide bonds. The molecule has 1 aliphatic carbocycles. The number of carboxylic acids is 1. The smallest absolute Gasteiger partial charge is 0.314 e. The maximum absolute atomic E-state index is 11.7. The normalized spacial score (nSPS) is 17.9. The summed E-state index contributed by atoms with van der Waals surface area (Å²) in [7, 11) is 0. The first kappa shape index (κ1) is 13.9. The lowest BCUT2D eigenvalue weighted by molar-refractivity contribution is -0.145. The Morgan fingerprint density at radius 3 is 2.32 bits per heavy atom. The van der Waals surface area contributed by atoms with Gasteiger partial charge in [0, 0.05) is 0 Å². The number of benzene rings is 1. The highest BCUT2D eigenvalue weighted by atomic mass is 16.5. The molecule has 1 aromatic rings. The van der Waals surface area contributed by atoms with Crippen molar-refractivity contribution in [1.29, 1.82) is 0 Å². The Labute approximate surface area is 113 Å². The van der Waals surface area contributed by atoms with Crippen LogP contribution in [0, 0.1) is 0 Å². The molecule has 19 heavy (non-hydrogen) atoms. The molecule has 1 aliphatic rings. The van der Waals surface area contributed by atoms with E-state index in [4.69, 9.17) is 9.84 Å². The topological polar surface area (TPSA) is 66.8 Å². The second-order valence-corrected chi connectivity index (χ2v) is 5.04. The SMILES string of the molecule is O=C(O)C1(c2ccc(OCCO)cc2)CCCCC1. The third kappa shape index (κ3) is 2.89. The van der Waals surface area contributed by atoms with E-state index in [1.54, 1.807) is 12.1 Å². The van der Waals surface area contributed by atoms with Crippen LogP contribution in [0.5, 0.6) is 5.75 Å². The second kappa shape index (κ2) is 6.06. The van der Waals surface area contributed by atoms with E-state index in [2.05, 4.69) is 0 Å². The van der Waals surface area contributed by atoms with Crippen LogP contribution in [-0.2, 0) is 10.2 Å². The molecular formula is C15H20O4. The van der Waals surface area contributed by atoms with Gasteiger partial charge in [-0.3, -0.25) is 4.79 Å². The third-order valence-electron chi connectivity index (χ3n) is 3.88. The highest BCUT2D eigenvalue weighted by Gasteiger charge is 2.41. The van der Waals surface area contributed by atoms with Gasteiger partial charge in [-0.05, 0) is 30.5 Å². The second-order valence-electron chi connectivity index (χ2n) is 5.04. The van der Waals surface area contributed by atoms with Gasteiger partial charge in [0.1, 0.15) is 12.4 Å². The van der Waals surface area contributed by atoms with E-state index in [1.807, 2.05) is 12.1 Å². The molecule has 0 unspecified atom stereocenters. The van der Waals surface area contributed by atoms with E-state index >= 15 is 0 Å². The van der Waals surface area contributed by atoms with Crippen molar-refractivity contribution < 1.29 is 19.7 Å². The lowest BCUT2D eigenvalue weighted by Gasteiger charge is -2.33. The highest BCUT2D eigenvalue weighted by Crippen LogP contribution is 2.40. The minimum atomic E-state index is -0.728. The summed E-state index contributed by atoms with van der Waals surface area (Å²) in [5.74, 6) is -0.0645. The summed E-state index contributed by atoms with van der Waals surface area (Å²) in [6.07, 6.45) is 4.47. The van der Waals surface area contributed by atoms with Gasteiger partial charge in [-0.25, -0.2) is 0 Å². The molecule has 0 aromatic heterocycles. The third-order valence-corrected chi connectivity index (χ3v) is 3.88. The first-order chi connectivity index (χ1) is 9.19. The molecule has 104 valence electrons. The van der Waals surface area contributed by atoms with Crippen molar-refractivity contribution >= 4 is 5.97 Å². The van der Waals surface area contributed by atoms with Crippen molar-refractivity contribution in [2.45, 2.75) is 37.5 Å². The first-order valence-corrected chi connectivity index (χ1v) is 6.77. The monoisotopic (exact) mass is 264 g/mol. The Kier molecular flexibility index (Phi) is 4.43. The average Bonchev–Trinajstić information content (AvgIpc) is 2.46. The zero-order valence-corrected chi connectivity index (χ0v) is 11.0. The van der Waals surface area contributed by atoms with Crippen molar-refractivity contribution in [2.24, 2.45) is 0 Å². The van der Waals surface area contributed by atoms with Gasteiger partial charge >= 0.3 is 5.97 Å². The fourth-order valence-corrected chi connectivity index (χ4v) is 2.82. The Hall–Kier alpha value is -1.55. The quantitative estimate of drug-likeness (QED) is 0.856.